The van der Waals surface area contributed by atoms with E-state index in [0.717, 1.165) is 35.6 Å². The summed E-state index contributed by atoms with van der Waals surface area (Å²) in [5.74, 6) is -0.0505. The average molecular weight is 388 g/mol. The van der Waals surface area contributed by atoms with Crippen LogP contribution in [0.3, 0.4) is 0 Å². The average Bonchev–Trinajstić information content (AvgIpc) is 3.39. The predicted molar refractivity (Wildman–Crippen MR) is 114 cm³/mol. The van der Waals surface area contributed by atoms with Gasteiger partial charge in [0.05, 0.1) is 25.0 Å². The van der Waals surface area contributed by atoms with Crippen LogP contribution in [0, 0.1) is 6.92 Å². The fraction of sp³-hybridized carbons (Fsp3) is 0.261. The maximum Gasteiger partial charge on any atom is 0.295 e. The van der Waals surface area contributed by atoms with Gasteiger partial charge in [-0.25, -0.2) is 10.1 Å². The molecule has 0 aliphatic carbocycles. The second-order valence-electron chi connectivity index (χ2n) is 7.51. The molecule has 0 saturated carbocycles. The minimum atomic E-state index is -0.0505. The number of hydrogen-bond donors (Lipinski definition) is 2. The fourth-order valence-corrected chi connectivity index (χ4v) is 3.62. The molecule has 1 aliphatic rings. The smallest absolute Gasteiger partial charge is 0.295 e. The first kappa shape index (κ1) is 19.1. The van der Waals surface area contributed by atoms with Gasteiger partial charge in [0.25, 0.3) is 5.91 Å². The lowest BCUT2D eigenvalue weighted by atomic mass is 10.1. The van der Waals surface area contributed by atoms with Crippen molar-refractivity contribution in [1.29, 1.82) is 0 Å². The number of nitrogens with zero attached hydrogens (tertiary/aromatic N) is 3. The zero-order valence-corrected chi connectivity index (χ0v) is 16.6. The highest BCUT2D eigenvalue weighted by molar-refractivity contribution is 5.89. The van der Waals surface area contributed by atoms with Crippen molar-refractivity contribution < 1.29 is 9.69 Å². The number of aryl methyl sites for hydroxylation is 1. The van der Waals surface area contributed by atoms with Crippen LogP contribution in [0.1, 0.15) is 24.0 Å². The quantitative estimate of drug-likeness (QED) is 0.501. The molecular weight excluding hydrogens is 362 g/mol. The van der Waals surface area contributed by atoms with Gasteiger partial charge in [0.15, 0.2) is 6.54 Å². The van der Waals surface area contributed by atoms with Gasteiger partial charge in [0, 0.05) is 30.2 Å². The maximum absolute atomic E-state index is 12.1. The number of likely N-dealkylation sites (tertiary alicyclic amines) is 1. The van der Waals surface area contributed by atoms with Crippen molar-refractivity contribution >= 4 is 12.1 Å². The van der Waals surface area contributed by atoms with Crippen LogP contribution in [0.25, 0.3) is 16.9 Å². The Hall–Kier alpha value is -3.25. The van der Waals surface area contributed by atoms with Crippen LogP contribution in [0.4, 0.5) is 0 Å². The first-order valence-electron chi connectivity index (χ1n) is 10.1. The Morgan fingerprint density at radius 3 is 2.59 bits per heavy atom. The fourth-order valence-electron chi connectivity index (χ4n) is 3.62. The van der Waals surface area contributed by atoms with Crippen LogP contribution in [0.2, 0.25) is 0 Å². The highest BCUT2D eigenvalue weighted by Crippen LogP contribution is 2.23. The third kappa shape index (κ3) is 4.78. The van der Waals surface area contributed by atoms with E-state index in [9.17, 15) is 4.79 Å². The standard InChI is InChI=1S/C23H25N5O/c1-18-9-11-19(12-10-18)23-20(16-28(26-23)21-7-3-2-4-8-21)15-24-25-22(29)17-27-13-5-6-14-27/h2-4,7-12,15-16H,5-6,13-14,17H2,1H3,(H,25,29)/p+1/b24-15-. The number of rotatable bonds is 6. The van der Waals surface area contributed by atoms with Gasteiger partial charge in [-0.2, -0.15) is 10.2 Å². The van der Waals surface area contributed by atoms with E-state index in [1.807, 2.05) is 41.2 Å². The lowest BCUT2D eigenvalue weighted by Gasteiger charge is -2.09. The second-order valence-corrected chi connectivity index (χ2v) is 7.51. The molecular formula is C23H26N5O+. The molecule has 2 heterocycles. The highest BCUT2D eigenvalue weighted by Gasteiger charge is 2.18. The van der Waals surface area contributed by atoms with Crippen LogP contribution in [-0.4, -0.2) is 41.5 Å². The normalized spacial score (nSPS) is 14.5. The van der Waals surface area contributed by atoms with Crippen LogP contribution in [-0.2, 0) is 4.79 Å². The van der Waals surface area contributed by atoms with Gasteiger partial charge < -0.3 is 4.90 Å². The Labute approximate surface area is 170 Å². The Kier molecular flexibility index (Phi) is 5.81. The molecule has 0 atom stereocenters. The first-order valence-corrected chi connectivity index (χ1v) is 10.1. The molecule has 3 aromatic rings. The van der Waals surface area contributed by atoms with Crippen molar-refractivity contribution in [2.75, 3.05) is 19.6 Å². The third-order valence-electron chi connectivity index (χ3n) is 5.20. The van der Waals surface area contributed by atoms with E-state index in [1.165, 1.54) is 23.3 Å². The SMILES string of the molecule is Cc1ccc(-c2nn(-c3ccccc3)cc2/C=N\NC(=O)C[NH+]2CCCC2)cc1. The molecule has 0 unspecified atom stereocenters. The summed E-state index contributed by atoms with van der Waals surface area (Å²) in [6.45, 7) is 4.68. The summed E-state index contributed by atoms with van der Waals surface area (Å²) in [5.41, 5.74) is 7.54. The van der Waals surface area contributed by atoms with Crippen LogP contribution in [0.15, 0.2) is 65.9 Å². The summed E-state index contributed by atoms with van der Waals surface area (Å²) in [6, 6.07) is 18.2. The number of carbonyl (C=O) groups is 1. The molecule has 2 aromatic carbocycles. The Morgan fingerprint density at radius 2 is 1.86 bits per heavy atom. The van der Waals surface area contributed by atoms with Gasteiger partial charge >= 0.3 is 0 Å². The molecule has 1 aliphatic heterocycles. The van der Waals surface area contributed by atoms with Crippen LogP contribution >= 0.6 is 0 Å². The van der Waals surface area contributed by atoms with Gasteiger partial charge in [-0.1, -0.05) is 48.0 Å². The molecule has 0 spiro atoms. The third-order valence-corrected chi connectivity index (χ3v) is 5.20. The maximum atomic E-state index is 12.1. The molecule has 0 bridgehead atoms. The molecule has 1 saturated heterocycles. The first-order chi connectivity index (χ1) is 14.2. The number of para-hydroxylation sites is 1. The summed E-state index contributed by atoms with van der Waals surface area (Å²) in [6.07, 6.45) is 6.01. The second kappa shape index (κ2) is 8.84. The van der Waals surface area contributed by atoms with E-state index in [0.29, 0.717) is 6.54 Å². The van der Waals surface area contributed by atoms with Gasteiger partial charge in [-0.3, -0.25) is 4.79 Å². The molecule has 29 heavy (non-hydrogen) atoms. The van der Waals surface area contributed by atoms with Gasteiger partial charge in [0.2, 0.25) is 0 Å². The summed E-state index contributed by atoms with van der Waals surface area (Å²) >= 11 is 0. The van der Waals surface area contributed by atoms with E-state index in [2.05, 4.69) is 41.7 Å². The summed E-state index contributed by atoms with van der Waals surface area (Å²) in [7, 11) is 0. The Morgan fingerprint density at radius 1 is 1.14 bits per heavy atom. The van der Waals surface area contributed by atoms with Crippen molar-refractivity contribution in [1.82, 2.24) is 15.2 Å². The number of amides is 1. The number of nitrogens with one attached hydrogen (secondary N) is 2. The van der Waals surface area contributed by atoms with E-state index >= 15 is 0 Å². The van der Waals surface area contributed by atoms with E-state index < -0.39 is 0 Å². The van der Waals surface area contributed by atoms with Crippen molar-refractivity contribution in [3.63, 3.8) is 0 Å². The zero-order chi connectivity index (χ0) is 20.1. The largest absolute Gasteiger partial charge is 0.327 e. The molecule has 4 rings (SSSR count). The number of aromatic nitrogens is 2. The van der Waals surface area contributed by atoms with Gasteiger partial charge in [-0.05, 0) is 19.1 Å². The highest BCUT2D eigenvalue weighted by atomic mass is 16.2. The van der Waals surface area contributed by atoms with Crippen LogP contribution in [0.5, 0.6) is 0 Å². The van der Waals surface area contributed by atoms with E-state index in [-0.39, 0.29) is 5.91 Å². The van der Waals surface area contributed by atoms with Crippen molar-refractivity contribution in [3.8, 4) is 16.9 Å². The van der Waals surface area contributed by atoms with Gasteiger partial charge in [0.1, 0.15) is 5.69 Å². The lowest BCUT2D eigenvalue weighted by Crippen LogP contribution is -3.11. The number of benzene rings is 2. The molecule has 1 fully saturated rings. The molecule has 0 radical (unpaired) electrons. The molecule has 6 heteroatoms. The topological polar surface area (TPSA) is 63.7 Å². The minimum Gasteiger partial charge on any atom is -0.327 e. The number of hydrazone groups is 1. The Bertz CT molecular complexity index is 986. The number of hydrogen-bond acceptors (Lipinski definition) is 3. The summed E-state index contributed by atoms with van der Waals surface area (Å²) < 4.78 is 1.84. The minimum absolute atomic E-state index is 0.0505. The molecule has 1 amide bonds. The predicted octanol–water partition coefficient (Wildman–Crippen LogP) is 1.98. The van der Waals surface area contributed by atoms with E-state index in [1.54, 1.807) is 6.21 Å². The molecule has 2 N–H and O–H groups in total. The summed E-state index contributed by atoms with van der Waals surface area (Å²) in [4.78, 5) is 13.5. The monoisotopic (exact) mass is 388 g/mol. The zero-order valence-electron chi connectivity index (χ0n) is 16.6. The van der Waals surface area contributed by atoms with Gasteiger partial charge in [-0.15, -0.1) is 0 Å². The number of carbonyl (C=O) groups excluding carboxylic acids is 1. The van der Waals surface area contributed by atoms with E-state index in [4.69, 9.17) is 5.10 Å². The van der Waals surface area contributed by atoms with Crippen molar-refractivity contribution in [2.24, 2.45) is 5.10 Å². The summed E-state index contributed by atoms with van der Waals surface area (Å²) in [5, 5.41) is 8.97. The Balaban J connectivity index is 1.56. The van der Waals surface area contributed by atoms with Crippen molar-refractivity contribution in [2.45, 2.75) is 19.8 Å². The molecule has 148 valence electrons. The van der Waals surface area contributed by atoms with Crippen molar-refractivity contribution in [3.05, 3.63) is 71.9 Å². The molecule has 6 nitrogen and oxygen atoms in total. The lowest BCUT2D eigenvalue weighted by molar-refractivity contribution is -0.879. The molecule has 1 aromatic heterocycles. The van der Waals surface area contributed by atoms with Crippen LogP contribution < -0.4 is 10.3 Å². The number of quaternary nitrogens is 1.